The van der Waals surface area contributed by atoms with Crippen LogP contribution in [0.25, 0.3) is 22.7 Å². The Morgan fingerprint density at radius 3 is 2.17 bits per heavy atom. The molecule has 0 saturated carbocycles. The normalized spacial score (nSPS) is 10.5. The number of carbonyl (C=O) groups is 1. The van der Waals surface area contributed by atoms with Crippen LogP contribution in [-0.2, 0) is 0 Å². The van der Waals surface area contributed by atoms with Crippen molar-refractivity contribution in [3.8, 4) is 34.2 Å². The average molecular weight is 400 g/mol. The van der Waals surface area contributed by atoms with Gasteiger partial charge in [-0.15, -0.1) is 0 Å². The van der Waals surface area contributed by atoms with E-state index >= 15 is 0 Å². The molecule has 0 spiro atoms. The summed E-state index contributed by atoms with van der Waals surface area (Å²) in [6.45, 7) is 0. The molecule has 1 aromatic heterocycles. The molecule has 4 aromatic rings. The van der Waals surface area contributed by atoms with E-state index in [0.29, 0.717) is 28.6 Å². The Bertz CT molecular complexity index is 1130. The molecule has 0 saturated heterocycles. The standard InChI is InChI=1S/C24H20N2O4/c1-28-20-12-18(13-21(14-20)29-2)23(27)25-19-10-8-17(9-11-19)24-26-22(15-30-24)16-6-4-3-5-7-16/h3-15H,1-2H3,(H,25,27). The number of oxazole rings is 1. The average Bonchev–Trinajstić information content (AvgIpc) is 3.30. The van der Waals surface area contributed by atoms with Crippen molar-refractivity contribution in [1.82, 2.24) is 4.98 Å². The first-order valence-electron chi connectivity index (χ1n) is 9.32. The molecule has 0 radical (unpaired) electrons. The Morgan fingerprint density at radius 2 is 1.53 bits per heavy atom. The highest BCUT2D eigenvalue weighted by atomic mass is 16.5. The van der Waals surface area contributed by atoms with Gasteiger partial charge in [0.2, 0.25) is 5.89 Å². The van der Waals surface area contributed by atoms with E-state index in [0.717, 1.165) is 16.8 Å². The monoisotopic (exact) mass is 400 g/mol. The number of benzene rings is 3. The Hall–Kier alpha value is -4.06. The summed E-state index contributed by atoms with van der Waals surface area (Å²) in [6.07, 6.45) is 1.64. The molecule has 4 rings (SSSR count). The third kappa shape index (κ3) is 4.17. The molecule has 1 amide bonds. The summed E-state index contributed by atoms with van der Waals surface area (Å²) < 4.78 is 16.1. The van der Waals surface area contributed by atoms with Crippen LogP contribution in [0.4, 0.5) is 5.69 Å². The number of hydrogen-bond acceptors (Lipinski definition) is 5. The second kappa shape index (κ2) is 8.53. The SMILES string of the molecule is COc1cc(OC)cc(C(=O)Nc2ccc(-c3nc(-c4ccccc4)co3)cc2)c1. The quantitative estimate of drug-likeness (QED) is 0.477. The second-order valence-corrected chi connectivity index (χ2v) is 6.54. The van der Waals surface area contributed by atoms with E-state index in [4.69, 9.17) is 13.9 Å². The molecule has 0 atom stereocenters. The molecule has 0 fully saturated rings. The van der Waals surface area contributed by atoms with Crippen molar-refractivity contribution in [3.63, 3.8) is 0 Å². The van der Waals surface area contributed by atoms with Crippen LogP contribution < -0.4 is 14.8 Å². The molecule has 3 aromatic carbocycles. The van der Waals surface area contributed by atoms with Gasteiger partial charge in [-0.05, 0) is 36.4 Å². The lowest BCUT2D eigenvalue weighted by atomic mass is 10.1. The van der Waals surface area contributed by atoms with Gasteiger partial charge in [-0.3, -0.25) is 4.79 Å². The van der Waals surface area contributed by atoms with E-state index < -0.39 is 0 Å². The molecule has 0 bridgehead atoms. The van der Waals surface area contributed by atoms with Crippen molar-refractivity contribution in [2.24, 2.45) is 0 Å². The first kappa shape index (κ1) is 19.3. The predicted molar refractivity (Wildman–Crippen MR) is 115 cm³/mol. The predicted octanol–water partition coefficient (Wildman–Crippen LogP) is 5.28. The molecule has 0 unspecified atom stereocenters. The highest BCUT2D eigenvalue weighted by Gasteiger charge is 2.12. The molecule has 30 heavy (non-hydrogen) atoms. The van der Waals surface area contributed by atoms with Gasteiger partial charge in [-0.1, -0.05) is 30.3 Å². The first-order chi connectivity index (χ1) is 14.7. The summed E-state index contributed by atoms with van der Waals surface area (Å²) in [6, 6.07) is 22.2. The Labute approximate surface area is 174 Å². The molecular weight excluding hydrogens is 380 g/mol. The summed E-state index contributed by atoms with van der Waals surface area (Å²) in [5.74, 6) is 1.35. The zero-order valence-corrected chi connectivity index (χ0v) is 16.6. The highest BCUT2D eigenvalue weighted by molar-refractivity contribution is 6.04. The molecule has 1 N–H and O–H groups in total. The van der Waals surface area contributed by atoms with E-state index in [1.54, 1.807) is 50.8 Å². The van der Waals surface area contributed by atoms with Gasteiger partial charge in [0.15, 0.2) is 0 Å². The van der Waals surface area contributed by atoms with Gasteiger partial charge in [0.25, 0.3) is 5.91 Å². The lowest BCUT2D eigenvalue weighted by molar-refractivity contribution is 0.102. The largest absolute Gasteiger partial charge is 0.497 e. The van der Waals surface area contributed by atoms with Gasteiger partial charge in [0.05, 0.1) is 14.2 Å². The van der Waals surface area contributed by atoms with Gasteiger partial charge in [0, 0.05) is 28.4 Å². The number of methoxy groups -OCH3 is 2. The van der Waals surface area contributed by atoms with Crippen molar-refractivity contribution < 1.29 is 18.7 Å². The number of aromatic nitrogens is 1. The van der Waals surface area contributed by atoms with Crippen molar-refractivity contribution >= 4 is 11.6 Å². The molecule has 1 heterocycles. The zero-order chi connectivity index (χ0) is 20.9. The molecule has 6 nitrogen and oxygen atoms in total. The number of hydrogen-bond donors (Lipinski definition) is 1. The lowest BCUT2D eigenvalue weighted by Gasteiger charge is -2.09. The maximum absolute atomic E-state index is 12.6. The Kier molecular flexibility index (Phi) is 5.48. The van der Waals surface area contributed by atoms with Gasteiger partial charge in [0.1, 0.15) is 23.5 Å². The first-order valence-corrected chi connectivity index (χ1v) is 9.32. The van der Waals surface area contributed by atoms with Crippen LogP contribution in [0, 0.1) is 0 Å². The van der Waals surface area contributed by atoms with Crippen LogP contribution in [0.5, 0.6) is 11.5 Å². The number of ether oxygens (including phenoxy) is 2. The van der Waals surface area contributed by atoms with Crippen molar-refractivity contribution in [3.05, 3.63) is 84.6 Å². The van der Waals surface area contributed by atoms with E-state index in [9.17, 15) is 4.79 Å². The Balaban J connectivity index is 1.49. The zero-order valence-electron chi connectivity index (χ0n) is 16.6. The van der Waals surface area contributed by atoms with Crippen LogP contribution in [-0.4, -0.2) is 25.1 Å². The number of nitrogens with one attached hydrogen (secondary N) is 1. The van der Waals surface area contributed by atoms with Crippen molar-refractivity contribution in [1.29, 1.82) is 0 Å². The van der Waals surface area contributed by atoms with Gasteiger partial charge in [-0.2, -0.15) is 0 Å². The molecule has 0 aliphatic heterocycles. The number of rotatable bonds is 6. The van der Waals surface area contributed by atoms with Crippen molar-refractivity contribution in [2.75, 3.05) is 19.5 Å². The van der Waals surface area contributed by atoms with E-state index in [1.807, 2.05) is 42.5 Å². The van der Waals surface area contributed by atoms with E-state index in [2.05, 4.69) is 10.3 Å². The summed E-state index contributed by atoms with van der Waals surface area (Å²) in [5.41, 5.74) is 3.68. The van der Waals surface area contributed by atoms with Gasteiger partial charge in [-0.25, -0.2) is 4.98 Å². The van der Waals surface area contributed by atoms with Crippen LogP contribution in [0.15, 0.2) is 83.5 Å². The maximum Gasteiger partial charge on any atom is 0.255 e. The third-order valence-corrected chi connectivity index (χ3v) is 4.58. The molecule has 6 heteroatoms. The fourth-order valence-electron chi connectivity index (χ4n) is 2.99. The van der Waals surface area contributed by atoms with Crippen LogP contribution in [0.1, 0.15) is 10.4 Å². The number of carbonyl (C=O) groups excluding carboxylic acids is 1. The second-order valence-electron chi connectivity index (χ2n) is 6.54. The van der Waals surface area contributed by atoms with E-state index in [-0.39, 0.29) is 5.91 Å². The fourth-order valence-corrected chi connectivity index (χ4v) is 2.99. The summed E-state index contributed by atoms with van der Waals surface area (Å²) in [7, 11) is 3.09. The maximum atomic E-state index is 12.6. The third-order valence-electron chi connectivity index (χ3n) is 4.58. The molecule has 150 valence electrons. The summed E-state index contributed by atoms with van der Waals surface area (Å²) >= 11 is 0. The molecule has 0 aliphatic carbocycles. The van der Waals surface area contributed by atoms with E-state index in [1.165, 1.54) is 0 Å². The summed E-state index contributed by atoms with van der Waals surface area (Å²) in [4.78, 5) is 17.2. The minimum absolute atomic E-state index is 0.262. The van der Waals surface area contributed by atoms with Crippen LogP contribution in [0.2, 0.25) is 0 Å². The van der Waals surface area contributed by atoms with Gasteiger partial charge < -0.3 is 19.2 Å². The number of nitrogens with zero attached hydrogens (tertiary/aromatic N) is 1. The molecular formula is C24H20N2O4. The molecule has 0 aliphatic rings. The smallest absolute Gasteiger partial charge is 0.255 e. The highest BCUT2D eigenvalue weighted by Crippen LogP contribution is 2.26. The topological polar surface area (TPSA) is 73.6 Å². The number of anilines is 1. The minimum Gasteiger partial charge on any atom is -0.497 e. The van der Waals surface area contributed by atoms with Crippen molar-refractivity contribution in [2.45, 2.75) is 0 Å². The Morgan fingerprint density at radius 1 is 0.867 bits per heavy atom. The van der Waals surface area contributed by atoms with Crippen LogP contribution in [0.3, 0.4) is 0 Å². The lowest BCUT2D eigenvalue weighted by Crippen LogP contribution is -2.12. The van der Waals surface area contributed by atoms with Crippen LogP contribution >= 0.6 is 0 Å². The summed E-state index contributed by atoms with van der Waals surface area (Å²) in [5, 5.41) is 2.87. The minimum atomic E-state index is -0.262. The van der Waals surface area contributed by atoms with Gasteiger partial charge >= 0.3 is 0 Å². The fraction of sp³-hybridized carbons (Fsp3) is 0.0833. The number of amides is 1.